The lowest BCUT2D eigenvalue weighted by Gasteiger charge is -2.19. The average molecular weight is 220 g/mol. The summed E-state index contributed by atoms with van der Waals surface area (Å²) >= 11 is 0. The highest BCUT2D eigenvalue weighted by molar-refractivity contribution is 5.81. The molecular weight excluding hydrogens is 204 g/mol. The quantitative estimate of drug-likeness (QED) is 0.844. The molecule has 0 radical (unpaired) electrons. The number of aromatic nitrogens is 1. The van der Waals surface area contributed by atoms with Crippen molar-refractivity contribution in [2.45, 2.75) is 38.5 Å². The summed E-state index contributed by atoms with van der Waals surface area (Å²) in [5.74, 6) is 1.89. The molecule has 1 saturated carbocycles. The number of nitrogens with zero attached hydrogens (tertiary/aromatic N) is 1. The number of furan rings is 1. The van der Waals surface area contributed by atoms with Gasteiger partial charge in [0, 0.05) is 6.42 Å². The highest BCUT2D eigenvalue weighted by atomic mass is 16.4. The second kappa shape index (κ2) is 3.85. The summed E-state index contributed by atoms with van der Waals surface area (Å²) in [5, 5.41) is 0. The standard InChI is InChI=1S/C12H16N2O2/c13-12-11-9(7-15-12)16-10(14-11)6-8-4-2-1-3-5-8/h7-8H,1-6,13H2. The Morgan fingerprint density at radius 1 is 1.31 bits per heavy atom. The first-order valence-corrected chi connectivity index (χ1v) is 5.95. The zero-order valence-electron chi connectivity index (χ0n) is 9.24. The second-order valence-corrected chi connectivity index (χ2v) is 4.63. The Morgan fingerprint density at radius 2 is 2.12 bits per heavy atom. The van der Waals surface area contributed by atoms with Gasteiger partial charge in [0.25, 0.3) is 0 Å². The number of nitrogen functional groups attached to an aromatic ring is 1. The Hall–Kier alpha value is -1.45. The molecule has 2 heterocycles. The molecule has 2 aromatic rings. The van der Waals surface area contributed by atoms with Gasteiger partial charge in [-0.1, -0.05) is 19.3 Å². The fourth-order valence-electron chi connectivity index (χ4n) is 2.53. The smallest absolute Gasteiger partial charge is 0.220 e. The van der Waals surface area contributed by atoms with Crippen LogP contribution in [-0.2, 0) is 6.42 Å². The van der Waals surface area contributed by atoms with E-state index in [1.54, 1.807) is 0 Å². The van der Waals surface area contributed by atoms with E-state index < -0.39 is 0 Å². The summed E-state index contributed by atoms with van der Waals surface area (Å²) in [4.78, 5) is 4.38. The van der Waals surface area contributed by atoms with Gasteiger partial charge in [0.05, 0.1) is 0 Å². The molecule has 16 heavy (non-hydrogen) atoms. The van der Waals surface area contributed by atoms with Crippen LogP contribution in [0.15, 0.2) is 15.1 Å². The third-order valence-corrected chi connectivity index (χ3v) is 3.41. The van der Waals surface area contributed by atoms with Crippen molar-refractivity contribution in [3.8, 4) is 0 Å². The molecule has 0 saturated heterocycles. The van der Waals surface area contributed by atoms with Crippen LogP contribution in [0.4, 0.5) is 5.88 Å². The number of hydrogen-bond acceptors (Lipinski definition) is 4. The van der Waals surface area contributed by atoms with Gasteiger partial charge < -0.3 is 14.6 Å². The molecule has 2 aromatic heterocycles. The minimum atomic E-state index is 0.355. The summed E-state index contributed by atoms with van der Waals surface area (Å²) in [6, 6.07) is 0. The molecule has 4 nitrogen and oxygen atoms in total. The predicted molar refractivity (Wildman–Crippen MR) is 61.0 cm³/mol. The van der Waals surface area contributed by atoms with E-state index in [9.17, 15) is 0 Å². The van der Waals surface area contributed by atoms with Crippen LogP contribution in [0.25, 0.3) is 11.1 Å². The van der Waals surface area contributed by atoms with Crippen LogP contribution < -0.4 is 5.73 Å². The highest BCUT2D eigenvalue weighted by Gasteiger charge is 2.18. The van der Waals surface area contributed by atoms with Gasteiger partial charge in [-0.15, -0.1) is 0 Å². The van der Waals surface area contributed by atoms with Crippen molar-refractivity contribution in [1.82, 2.24) is 4.98 Å². The molecule has 4 heteroatoms. The van der Waals surface area contributed by atoms with Crippen molar-refractivity contribution >= 4 is 17.0 Å². The minimum absolute atomic E-state index is 0.355. The first-order chi connectivity index (χ1) is 7.83. The monoisotopic (exact) mass is 220 g/mol. The lowest BCUT2D eigenvalue weighted by atomic mass is 9.87. The van der Waals surface area contributed by atoms with Crippen molar-refractivity contribution in [1.29, 1.82) is 0 Å². The predicted octanol–water partition coefficient (Wildman–Crippen LogP) is 3.13. The maximum Gasteiger partial charge on any atom is 0.220 e. The highest BCUT2D eigenvalue weighted by Crippen LogP contribution is 2.29. The SMILES string of the molecule is Nc1occ2oc(CC3CCCCC3)nc12. The Labute approximate surface area is 93.8 Å². The Morgan fingerprint density at radius 3 is 2.88 bits per heavy atom. The van der Waals surface area contributed by atoms with E-state index >= 15 is 0 Å². The van der Waals surface area contributed by atoms with E-state index in [0.717, 1.165) is 18.2 Å². The fourth-order valence-corrected chi connectivity index (χ4v) is 2.53. The lowest BCUT2D eigenvalue weighted by molar-refractivity contribution is 0.332. The van der Waals surface area contributed by atoms with Crippen LogP contribution in [0.3, 0.4) is 0 Å². The van der Waals surface area contributed by atoms with Gasteiger partial charge in [-0.05, 0) is 18.8 Å². The summed E-state index contributed by atoms with van der Waals surface area (Å²) < 4.78 is 10.6. The van der Waals surface area contributed by atoms with Gasteiger partial charge in [0.2, 0.25) is 5.88 Å². The fraction of sp³-hybridized carbons (Fsp3) is 0.583. The molecule has 86 valence electrons. The average Bonchev–Trinajstić information content (AvgIpc) is 2.83. The van der Waals surface area contributed by atoms with Crippen LogP contribution >= 0.6 is 0 Å². The number of rotatable bonds is 2. The normalized spacial score (nSPS) is 18.2. The maximum atomic E-state index is 5.63. The van der Waals surface area contributed by atoms with Crippen LogP contribution in [0.5, 0.6) is 0 Å². The van der Waals surface area contributed by atoms with Crippen molar-refractivity contribution in [2.24, 2.45) is 5.92 Å². The molecule has 1 aliphatic carbocycles. The van der Waals surface area contributed by atoms with E-state index in [1.165, 1.54) is 38.4 Å². The van der Waals surface area contributed by atoms with Gasteiger partial charge >= 0.3 is 0 Å². The van der Waals surface area contributed by atoms with Gasteiger partial charge in [-0.25, -0.2) is 4.98 Å². The zero-order chi connectivity index (χ0) is 11.0. The minimum Gasteiger partial charge on any atom is -0.443 e. The molecule has 0 spiro atoms. The van der Waals surface area contributed by atoms with Gasteiger partial charge in [-0.3, -0.25) is 0 Å². The van der Waals surface area contributed by atoms with Crippen molar-refractivity contribution in [3.05, 3.63) is 12.2 Å². The largest absolute Gasteiger partial charge is 0.443 e. The molecule has 0 aliphatic heterocycles. The topological polar surface area (TPSA) is 65.2 Å². The van der Waals surface area contributed by atoms with Crippen LogP contribution in [-0.4, -0.2) is 4.98 Å². The van der Waals surface area contributed by atoms with Crippen LogP contribution in [0.2, 0.25) is 0 Å². The maximum absolute atomic E-state index is 5.63. The molecule has 0 unspecified atom stereocenters. The molecule has 1 fully saturated rings. The second-order valence-electron chi connectivity index (χ2n) is 4.63. The number of fused-ring (bicyclic) bond motifs is 1. The molecule has 2 N–H and O–H groups in total. The summed E-state index contributed by atoms with van der Waals surface area (Å²) in [6.45, 7) is 0. The molecule has 3 rings (SSSR count). The first kappa shape index (κ1) is 9.75. The van der Waals surface area contributed by atoms with E-state index in [-0.39, 0.29) is 0 Å². The van der Waals surface area contributed by atoms with E-state index in [4.69, 9.17) is 14.6 Å². The van der Waals surface area contributed by atoms with E-state index in [0.29, 0.717) is 17.0 Å². The molecule has 0 amide bonds. The van der Waals surface area contributed by atoms with Crippen LogP contribution in [0, 0.1) is 5.92 Å². The zero-order valence-corrected chi connectivity index (χ0v) is 9.24. The van der Waals surface area contributed by atoms with Crippen molar-refractivity contribution < 1.29 is 8.83 Å². The van der Waals surface area contributed by atoms with E-state index in [1.807, 2.05) is 0 Å². The number of oxazole rings is 1. The first-order valence-electron chi connectivity index (χ1n) is 5.95. The Balaban J connectivity index is 1.78. The Kier molecular flexibility index (Phi) is 2.35. The van der Waals surface area contributed by atoms with Gasteiger partial charge in [0.1, 0.15) is 6.26 Å². The number of anilines is 1. The summed E-state index contributed by atoms with van der Waals surface area (Å²) in [7, 11) is 0. The molecule has 1 aliphatic rings. The molecule has 0 atom stereocenters. The Bertz CT molecular complexity index is 480. The molecular formula is C12H16N2O2. The van der Waals surface area contributed by atoms with Crippen LogP contribution in [0.1, 0.15) is 38.0 Å². The van der Waals surface area contributed by atoms with Gasteiger partial charge in [-0.2, -0.15) is 0 Å². The van der Waals surface area contributed by atoms with E-state index in [2.05, 4.69) is 4.98 Å². The summed E-state index contributed by atoms with van der Waals surface area (Å²) in [5.41, 5.74) is 6.98. The third kappa shape index (κ3) is 1.68. The molecule has 0 bridgehead atoms. The summed E-state index contributed by atoms with van der Waals surface area (Å²) in [6.07, 6.45) is 9.12. The third-order valence-electron chi connectivity index (χ3n) is 3.41. The number of nitrogens with two attached hydrogens (primary N) is 1. The van der Waals surface area contributed by atoms with Gasteiger partial charge in [0.15, 0.2) is 17.0 Å². The van der Waals surface area contributed by atoms with Crippen molar-refractivity contribution in [2.75, 3.05) is 5.73 Å². The molecule has 0 aromatic carbocycles. The lowest BCUT2D eigenvalue weighted by Crippen LogP contribution is -2.09. The number of hydrogen-bond donors (Lipinski definition) is 1. The van der Waals surface area contributed by atoms with Crippen molar-refractivity contribution in [3.63, 3.8) is 0 Å².